The van der Waals surface area contributed by atoms with Crippen molar-refractivity contribution in [2.75, 3.05) is 20.3 Å². The molecule has 18 heavy (non-hydrogen) atoms. The van der Waals surface area contributed by atoms with E-state index in [4.69, 9.17) is 4.74 Å². The van der Waals surface area contributed by atoms with E-state index in [-0.39, 0.29) is 0 Å². The van der Waals surface area contributed by atoms with Crippen LogP contribution < -0.4 is 0 Å². The summed E-state index contributed by atoms with van der Waals surface area (Å²) < 4.78 is 5.20. The Labute approximate surface area is 109 Å². The smallest absolute Gasteiger partial charge is 0.150 e. The lowest BCUT2D eigenvalue weighted by Crippen LogP contribution is -2.39. The minimum absolute atomic E-state index is 0.633. The van der Waals surface area contributed by atoms with E-state index in [9.17, 15) is 0 Å². The first-order valence-electron chi connectivity index (χ1n) is 6.96. The number of likely N-dealkylation sites (tertiary alicyclic amines) is 1. The molecule has 0 saturated carbocycles. The number of ether oxygens (including phenoxy) is 1. The molecule has 1 atom stereocenters. The van der Waals surface area contributed by atoms with Gasteiger partial charge in [-0.2, -0.15) is 5.10 Å². The van der Waals surface area contributed by atoms with Gasteiger partial charge in [0.05, 0.1) is 6.54 Å². The van der Waals surface area contributed by atoms with Crippen molar-refractivity contribution in [2.24, 2.45) is 0 Å². The number of methoxy groups -OCH3 is 1. The summed E-state index contributed by atoms with van der Waals surface area (Å²) in [6.07, 6.45) is 5.91. The van der Waals surface area contributed by atoms with Crippen LogP contribution in [0.1, 0.15) is 44.3 Å². The Bertz CT molecular complexity index is 353. The van der Waals surface area contributed by atoms with E-state index in [2.05, 4.69) is 27.0 Å². The van der Waals surface area contributed by atoms with Crippen LogP contribution in [0.15, 0.2) is 0 Å². The number of piperidine rings is 1. The molecule has 1 N–H and O–H groups in total. The molecule has 5 heteroatoms. The van der Waals surface area contributed by atoms with Gasteiger partial charge in [0.1, 0.15) is 11.6 Å². The highest BCUT2D eigenvalue weighted by molar-refractivity contribution is 4.91. The number of aromatic amines is 1. The lowest BCUT2D eigenvalue weighted by Gasteiger charge is -2.34. The van der Waals surface area contributed by atoms with Gasteiger partial charge in [0.25, 0.3) is 0 Å². The maximum atomic E-state index is 5.20. The van der Waals surface area contributed by atoms with Crippen LogP contribution in [-0.4, -0.2) is 46.4 Å². The lowest BCUT2D eigenvalue weighted by molar-refractivity contribution is 0.0953. The van der Waals surface area contributed by atoms with Crippen molar-refractivity contribution in [1.29, 1.82) is 0 Å². The number of nitrogens with one attached hydrogen (secondary N) is 1. The highest BCUT2D eigenvalue weighted by atomic mass is 16.5. The highest BCUT2D eigenvalue weighted by Gasteiger charge is 2.23. The molecule has 1 aromatic heterocycles. The van der Waals surface area contributed by atoms with Crippen molar-refractivity contribution in [1.82, 2.24) is 20.1 Å². The van der Waals surface area contributed by atoms with Gasteiger partial charge in [-0.15, -0.1) is 0 Å². The Kier molecular flexibility index (Phi) is 5.13. The van der Waals surface area contributed by atoms with Crippen LogP contribution in [0.2, 0.25) is 0 Å². The van der Waals surface area contributed by atoms with Crippen LogP contribution >= 0.6 is 0 Å². The van der Waals surface area contributed by atoms with Gasteiger partial charge in [0, 0.05) is 26.2 Å². The summed E-state index contributed by atoms with van der Waals surface area (Å²) in [5, 5.41) is 7.25. The molecule has 2 rings (SSSR count). The number of hydrogen-bond donors (Lipinski definition) is 1. The minimum Gasteiger partial charge on any atom is -0.385 e. The number of aromatic nitrogens is 3. The number of aryl methyl sites for hydroxylation is 1. The Morgan fingerprint density at radius 3 is 3.06 bits per heavy atom. The Balaban J connectivity index is 1.91. The standard InChI is InChI=1S/C13H24N4O/c1-3-12-14-13(16-15-12)10-17-8-5-4-6-11(17)7-9-18-2/h11H,3-10H2,1-2H3,(H,14,15,16)/t11-/m0/s1. The molecule has 0 aromatic carbocycles. The van der Waals surface area contributed by atoms with E-state index in [1.165, 1.54) is 19.3 Å². The zero-order valence-corrected chi connectivity index (χ0v) is 11.5. The number of hydrogen-bond acceptors (Lipinski definition) is 4. The van der Waals surface area contributed by atoms with Crippen LogP contribution in [0.3, 0.4) is 0 Å². The first kappa shape index (κ1) is 13.5. The zero-order valence-electron chi connectivity index (χ0n) is 11.5. The van der Waals surface area contributed by atoms with E-state index >= 15 is 0 Å². The molecule has 0 amide bonds. The lowest BCUT2D eigenvalue weighted by atomic mass is 10.00. The molecule has 102 valence electrons. The Morgan fingerprint density at radius 1 is 1.44 bits per heavy atom. The van der Waals surface area contributed by atoms with Crippen molar-refractivity contribution in [3.05, 3.63) is 11.6 Å². The van der Waals surface area contributed by atoms with Gasteiger partial charge in [-0.3, -0.25) is 10.00 Å². The molecule has 2 heterocycles. The molecule has 0 bridgehead atoms. The van der Waals surface area contributed by atoms with Gasteiger partial charge in [0.15, 0.2) is 0 Å². The second kappa shape index (κ2) is 6.85. The van der Waals surface area contributed by atoms with Gasteiger partial charge in [-0.1, -0.05) is 13.3 Å². The number of H-pyrrole nitrogens is 1. The summed E-state index contributed by atoms with van der Waals surface area (Å²) in [4.78, 5) is 7.01. The molecule has 0 aliphatic carbocycles. The summed E-state index contributed by atoms with van der Waals surface area (Å²) in [6, 6.07) is 0.633. The fourth-order valence-electron chi connectivity index (χ4n) is 2.60. The summed E-state index contributed by atoms with van der Waals surface area (Å²) in [7, 11) is 1.77. The minimum atomic E-state index is 0.633. The second-order valence-electron chi connectivity index (χ2n) is 4.95. The molecular weight excluding hydrogens is 228 g/mol. The predicted molar refractivity (Wildman–Crippen MR) is 70.3 cm³/mol. The quantitative estimate of drug-likeness (QED) is 0.838. The van der Waals surface area contributed by atoms with E-state index in [0.29, 0.717) is 6.04 Å². The van der Waals surface area contributed by atoms with Gasteiger partial charge >= 0.3 is 0 Å². The number of nitrogens with zero attached hydrogens (tertiary/aromatic N) is 3. The van der Waals surface area contributed by atoms with Crippen molar-refractivity contribution in [3.63, 3.8) is 0 Å². The van der Waals surface area contributed by atoms with Crippen molar-refractivity contribution in [3.8, 4) is 0 Å². The van der Waals surface area contributed by atoms with E-state index in [1.807, 2.05) is 0 Å². The first-order chi connectivity index (χ1) is 8.83. The third-order valence-corrected chi connectivity index (χ3v) is 3.65. The predicted octanol–water partition coefficient (Wildman–Crippen LogP) is 1.76. The summed E-state index contributed by atoms with van der Waals surface area (Å²) in [5.74, 6) is 1.91. The topological polar surface area (TPSA) is 54.0 Å². The average Bonchev–Trinajstić information content (AvgIpc) is 2.85. The zero-order chi connectivity index (χ0) is 12.8. The molecule has 1 aliphatic heterocycles. The molecule has 1 aliphatic rings. The van der Waals surface area contributed by atoms with Crippen LogP contribution in [0.5, 0.6) is 0 Å². The largest absolute Gasteiger partial charge is 0.385 e. The fourth-order valence-corrected chi connectivity index (χ4v) is 2.60. The molecule has 1 aromatic rings. The maximum absolute atomic E-state index is 5.20. The highest BCUT2D eigenvalue weighted by Crippen LogP contribution is 2.21. The second-order valence-corrected chi connectivity index (χ2v) is 4.95. The first-order valence-corrected chi connectivity index (χ1v) is 6.96. The van der Waals surface area contributed by atoms with Crippen LogP contribution in [0, 0.1) is 0 Å². The van der Waals surface area contributed by atoms with Crippen molar-refractivity contribution < 1.29 is 4.74 Å². The van der Waals surface area contributed by atoms with Gasteiger partial charge in [-0.05, 0) is 25.8 Å². The van der Waals surface area contributed by atoms with E-state index < -0.39 is 0 Å². The van der Waals surface area contributed by atoms with Crippen LogP contribution in [0.4, 0.5) is 0 Å². The third kappa shape index (κ3) is 3.53. The summed E-state index contributed by atoms with van der Waals surface area (Å²) >= 11 is 0. The normalized spacial score (nSPS) is 21.3. The van der Waals surface area contributed by atoms with Gasteiger partial charge < -0.3 is 4.74 Å². The molecule has 0 unspecified atom stereocenters. The Morgan fingerprint density at radius 2 is 2.33 bits per heavy atom. The van der Waals surface area contributed by atoms with Crippen molar-refractivity contribution >= 4 is 0 Å². The van der Waals surface area contributed by atoms with Crippen molar-refractivity contribution in [2.45, 2.75) is 51.6 Å². The molecule has 5 nitrogen and oxygen atoms in total. The van der Waals surface area contributed by atoms with Crippen LogP contribution in [0.25, 0.3) is 0 Å². The fraction of sp³-hybridized carbons (Fsp3) is 0.846. The summed E-state index contributed by atoms with van der Waals surface area (Å²) in [6.45, 7) is 4.98. The molecule has 1 saturated heterocycles. The van der Waals surface area contributed by atoms with Gasteiger partial charge in [-0.25, -0.2) is 4.98 Å². The average molecular weight is 252 g/mol. The molecule has 1 fully saturated rings. The Hall–Kier alpha value is -0.940. The molecule has 0 spiro atoms. The van der Waals surface area contributed by atoms with Gasteiger partial charge in [0.2, 0.25) is 0 Å². The SMILES string of the molecule is CCc1n[nH]c(CN2CCCC[C@H]2CCOC)n1. The van der Waals surface area contributed by atoms with E-state index in [0.717, 1.165) is 44.2 Å². The molecule has 0 radical (unpaired) electrons. The number of rotatable bonds is 6. The van der Waals surface area contributed by atoms with E-state index in [1.54, 1.807) is 7.11 Å². The maximum Gasteiger partial charge on any atom is 0.150 e. The van der Waals surface area contributed by atoms with Crippen LogP contribution in [-0.2, 0) is 17.7 Å². The molecular formula is C13H24N4O. The monoisotopic (exact) mass is 252 g/mol. The summed E-state index contributed by atoms with van der Waals surface area (Å²) in [5.41, 5.74) is 0. The third-order valence-electron chi connectivity index (χ3n) is 3.65.